The van der Waals surface area contributed by atoms with Gasteiger partial charge in [-0.2, -0.15) is 0 Å². The van der Waals surface area contributed by atoms with Crippen LogP contribution in [0, 0.1) is 11.7 Å². The van der Waals surface area contributed by atoms with Gasteiger partial charge in [0.25, 0.3) is 5.56 Å². The van der Waals surface area contributed by atoms with Gasteiger partial charge in [0.15, 0.2) is 11.5 Å². The van der Waals surface area contributed by atoms with Crippen molar-refractivity contribution < 1.29 is 4.39 Å². The number of hydrogen-bond acceptors (Lipinski definition) is 5. The molecule has 142 valence electrons. The predicted octanol–water partition coefficient (Wildman–Crippen LogP) is 2.97. The Morgan fingerprint density at radius 3 is 2.48 bits per heavy atom. The van der Waals surface area contributed by atoms with E-state index in [1.165, 1.54) is 29.4 Å². The summed E-state index contributed by atoms with van der Waals surface area (Å²) in [7, 11) is 2.97. The van der Waals surface area contributed by atoms with Crippen LogP contribution in [0.4, 0.5) is 4.39 Å². The number of hydrogen-bond donors (Lipinski definition) is 0. The normalized spacial score (nSPS) is 11.5. The van der Waals surface area contributed by atoms with Crippen molar-refractivity contribution in [2.75, 3.05) is 5.75 Å². The quantitative estimate of drug-likeness (QED) is 0.496. The molecule has 0 saturated carbocycles. The second-order valence-corrected chi connectivity index (χ2v) is 7.85. The van der Waals surface area contributed by atoms with E-state index in [4.69, 9.17) is 0 Å². The van der Waals surface area contributed by atoms with E-state index in [1.807, 2.05) is 0 Å². The zero-order chi connectivity index (χ0) is 19.7. The van der Waals surface area contributed by atoms with E-state index in [9.17, 15) is 14.0 Å². The highest BCUT2D eigenvalue weighted by atomic mass is 32.2. The maximum atomic E-state index is 14.3. The lowest BCUT2D eigenvalue weighted by Gasteiger charge is -2.12. The molecule has 0 bridgehead atoms. The minimum Gasteiger partial charge on any atom is -0.280 e. The van der Waals surface area contributed by atoms with Gasteiger partial charge in [-0.15, -0.1) is 11.8 Å². The zero-order valence-corrected chi connectivity index (χ0v) is 16.5. The van der Waals surface area contributed by atoms with Gasteiger partial charge < -0.3 is 0 Å². The lowest BCUT2D eigenvalue weighted by molar-refractivity contribution is 0.629. The summed E-state index contributed by atoms with van der Waals surface area (Å²) in [5, 5.41) is 0.753. The summed E-state index contributed by atoms with van der Waals surface area (Å²) in [6, 6.07) is 6.19. The van der Waals surface area contributed by atoms with Crippen molar-refractivity contribution >= 4 is 22.8 Å². The van der Waals surface area contributed by atoms with E-state index in [1.54, 1.807) is 25.2 Å². The van der Waals surface area contributed by atoms with Crippen LogP contribution in [0.3, 0.4) is 0 Å². The predicted molar refractivity (Wildman–Crippen MR) is 106 cm³/mol. The average Bonchev–Trinajstić information content (AvgIpc) is 2.64. The highest BCUT2D eigenvalue weighted by Crippen LogP contribution is 2.28. The minimum atomic E-state index is -0.483. The number of rotatable bonds is 5. The van der Waals surface area contributed by atoms with Gasteiger partial charge in [-0.1, -0.05) is 26.0 Å². The molecule has 0 fully saturated rings. The molecule has 0 N–H and O–H groups in total. The van der Waals surface area contributed by atoms with E-state index < -0.39 is 17.1 Å². The molecule has 0 aliphatic carbocycles. The molecule has 6 nitrogen and oxygen atoms in total. The molecule has 8 heteroatoms. The molecule has 0 saturated heterocycles. The fraction of sp³-hybridized carbons (Fsp3) is 0.368. The van der Waals surface area contributed by atoms with Gasteiger partial charge in [0.1, 0.15) is 16.2 Å². The fourth-order valence-electron chi connectivity index (χ4n) is 2.69. The third-order valence-corrected chi connectivity index (χ3v) is 5.32. The molecule has 1 aromatic carbocycles. The largest absolute Gasteiger partial charge is 0.332 e. The summed E-state index contributed by atoms with van der Waals surface area (Å²) in [6.07, 6.45) is 0.942. The molecule has 3 rings (SSSR count). The molecule has 2 aromatic heterocycles. The van der Waals surface area contributed by atoms with Crippen molar-refractivity contribution in [3.05, 3.63) is 50.9 Å². The Kier molecular flexibility index (Phi) is 5.46. The van der Waals surface area contributed by atoms with Crippen LogP contribution < -0.4 is 11.2 Å². The highest BCUT2D eigenvalue weighted by molar-refractivity contribution is 7.99. The molecule has 0 radical (unpaired) electrons. The maximum Gasteiger partial charge on any atom is 0.332 e. The number of nitrogens with zero attached hydrogens (tertiary/aromatic N) is 4. The third-order valence-electron chi connectivity index (χ3n) is 4.32. The Bertz CT molecular complexity index is 1120. The smallest absolute Gasteiger partial charge is 0.280 e. The molecule has 0 unspecified atom stereocenters. The minimum absolute atomic E-state index is 0.163. The Morgan fingerprint density at radius 1 is 1.11 bits per heavy atom. The Hall–Kier alpha value is -2.48. The van der Waals surface area contributed by atoms with Crippen LogP contribution in [0.2, 0.25) is 0 Å². The molecule has 0 spiro atoms. The van der Waals surface area contributed by atoms with Crippen molar-refractivity contribution in [3.8, 4) is 11.4 Å². The lowest BCUT2D eigenvalue weighted by atomic mass is 10.2. The van der Waals surface area contributed by atoms with Gasteiger partial charge in [0.2, 0.25) is 0 Å². The van der Waals surface area contributed by atoms with Crippen molar-refractivity contribution in [2.45, 2.75) is 25.3 Å². The third kappa shape index (κ3) is 3.66. The monoisotopic (exact) mass is 388 g/mol. The summed E-state index contributed by atoms with van der Waals surface area (Å²) in [5.74, 6) is 0.968. The van der Waals surface area contributed by atoms with Crippen LogP contribution in [-0.2, 0) is 14.1 Å². The summed E-state index contributed by atoms with van der Waals surface area (Å²) in [5.41, 5.74) is -0.481. The van der Waals surface area contributed by atoms with E-state index in [2.05, 4.69) is 23.8 Å². The van der Waals surface area contributed by atoms with Crippen molar-refractivity contribution in [1.82, 2.24) is 19.1 Å². The maximum absolute atomic E-state index is 14.3. The Labute approximate surface area is 160 Å². The summed E-state index contributed by atoms with van der Waals surface area (Å²) < 4.78 is 16.6. The first-order valence-electron chi connectivity index (χ1n) is 8.66. The van der Waals surface area contributed by atoms with Crippen molar-refractivity contribution in [2.24, 2.45) is 20.0 Å². The van der Waals surface area contributed by atoms with Crippen LogP contribution in [0.1, 0.15) is 20.3 Å². The lowest BCUT2D eigenvalue weighted by Crippen LogP contribution is -2.37. The zero-order valence-electron chi connectivity index (χ0n) is 15.7. The first-order valence-corrected chi connectivity index (χ1v) is 9.65. The number of halogens is 1. The molecule has 0 atom stereocenters. The molecule has 0 aliphatic heterocycles. The molecule has 27 heavy (non-hydrogen) atoms. The van der Waals surface area contributed by atoms with Gasteiger partial charge in [-0.05, 0) is 30.2 Å². The van der Waals surface area contributed by atoms with E-state index in [0.29, 0.717) is 10.9 Å². The first kappa shape index (κ1) is 19.3. The highest BCUT2D eigenvalue weighted by Gasteiger charge is 2.19. The summed E-state index contributed by atoms with van der Waals surface area (Å²) in [6.45, 7) is 4.23. The van der Waals surface area contributed by atoms with E-state index in [0.717, 1.165) is 16.7 Å². The molecular formula is C19H21FN4O2S. The van der Waals surface area contributed by atoms with E-state index in [-0.39, 0.29) is 22.4 Å². The summed E-state index contributed by atoms with van der Waals surface area (Å²) in [4.78, 5) is 33.9. The van der Waals surface area contributed by atoms with Gasteiger partial charge in [-0.3, -0.25) is 13.9 Å². The van der Waals surface area contributed by atoms with Crippen molar-refractivity contribution in [3.63, 3.8) is 0 Å². The average molecular weight is 388 g/mol. The van der Waals surface area contributed by atoms with Crippen molar-refractivity contribution in [1.29, 1.82) is 0 Å². The fourth-order valence-corrected chi connectivity index (χ4v) is 3.94. The first-order chi connectivity index (χ1) is 12.8. The molecule has 0 amide bonds. The Balaban J connectivity index is 2.30. The van der Waals surface area contributed by atoms with Crippen LogP contribution in [0.25, 0.3) is 22.4 Å². The van der Waals surface area contributed by atoms with Gasteiger partial charge in [-0.25, -0.2) is 19.2 Å². The molecule has 3 aromatic rings. The van der Waals surface area contributed by atoms with Gasteiger partial charge >= 0.3 is 5.69 Å². The van der Waals surface area contributed by atoms with E-state index >= 15 is 0 Å². The number of benzene rings is 1. The molecule has 2 heterocycles. The SMILES string of the molecule is CC(C)CCSc1nc(-c2ccccc2F)nc2c1c(=O)n(C)c(=O)n2C. The van der Waals surface area contributed by atoms with Crippen LogP contribution in [0.15, 0.2) is 38.9 Å². The van der Waals surface area contributed by atoms with Crippen LogP contribution in [-0.4, -0.2) is 24.9 Å². The molecule has 0 aliphatic rings. The standard InChI is InChI=1S/C19H21FN4O2S/c1-11(2)9-10-27-17-14-16(23(3)19(26)24(4)18(14)25)21-15(22-17)12-7-5-6-8-13(12)20/h5-8,11H,9-10H2,1-4H3. The van der Waals surface area contributed by atoms with Crippen LogP contribution >= 0.6 is 11.8 Å². The second-order valence-electron chi connectivity index (χ2n) is 6.77. The number of aryl methyl sites for hydroxylation is 1. The van der Waals surface area contributed by atoms with Gasteiger partial charge in [0, 0.05) is 14.1 Å². The topological polar surface area (TPSA) is 69.8 Å². The van der Waals surface area contributed by atoms with Gasteiger partial charge in [0.05, 0.1) is 5.56 Å². The number of thioether (sulfide) groups is 1. The summed E-state index contributed by atoms with van der Waals surface area (Å²) >= 11 is 1.43. The van der Waals surface area contributed by atoms with Crippen LogP contribution in [0.5, 0.6) is 0 Å². The number of fused-ring (bicyclic) bond motifs is 1. The Morgan fingerprint density at radius 2 is 1.81 bits per heavy atom. The second kappa shape index (κ2) is 7.64. The molecular weight excluding hydrogens is 367 g/mol. The number of aromatic nitrogens is 4.